The van der Waals surface area contributed by atoms with Crippen LogP contribution < -0.4 is 0 Å². The zero-order valence-corrected chi connectivity index (χ0v) is 6.89. The summed E-state index contributed by atoms with van der Waals surface area (Å²) < 4.78 is 0. The highest BCUT2D eigenvalue weighted by molar-refractivity contribution is 7.14. The molecule has 0 aliphatic rings. The highest BCUT2D eigenvalue weighted by Crippen LogP contribution is 2.10. The van der Waals surface area contributed by atoms with Gasteiger partial charge in [-0.3, -0.25) is 4.79 Å². The van der Waals surface area contributed by atoms with Crippen LogP contribution in [0.2, 0.25) is 0 Å². The van der Waals surface area contributed by atoms with Gasteiger partial charge < -0.3 is 5.21 Å². The lowest BCUT2D eigenvalue weighted by Gasteiger charge is -1.88. The summed E-state index contributed by atoms with van der Waals surface area (Å²) in [5.74, 6) is -0.454. The Kier molecular flexibility index (Phi) is 2.62. The monoisotopic (exact) mass is 189 g/mol. The minimum atomic E-state index is -0.454. The van der Waals surface area contributed by atoms with E-state index in [2.05, 4.69) is 5.16 Å². The fraction of sp³-hybridized carbons (Fsp3) is 0. The number of hydrogen-bond acceptors (Lipinski definition) is 4. The van der Waals surface area contributed by atoms with Crippen LogP contribution in [0.4, 0.5) is 0 Å². The molecule has 0 bridgehead atoms. The standard InChI is InChI=1S/C6H4ClNO2S/c7-6(8-10)5(9)4-2-1-3-11-4/h1-3,10H. The van der Waals surface area contributed by atoms with Gasteiger partial charge in [-0.1, -0.05) is 22.8 Å². The zero-order chi connectivity index (χ0) is 8.27. The van der Waals surface area contributed by atoms with E-state index >= 15 is 0 Å². The average molecular weight is 190 g/mol. The van der Waals surface area contributed by atoms with Crippen LogP contribution in [-0.4, -0.2) is 16.2 Å². The van der Waals surface area contributed by atoms with E-state index in [1.54, 1.807) is 17.5 Å². The number of nitrogens with zero attached hydrogens (tertiary/aromatic N) is 1. The van der Waals surface area contributed by atoms with Crippen LogP contribution in [0.25, 0.3) is 0 Å². The van der Waals surface area contributed by atoms with Gasteiger partial charge in [0.15, 0.2) is 0 Å². The third-order valence-electron chi connectivity index (χ3n) is 1.02. The Hall–Kier alpha value is -0.870. The molecule has 0 aliphatic carbocycles. The lowest BCUT2D eigenvalue weighted by molar-refractivity contribution is 0.106. The van der Waals surface area contributed by atoms with Gasteiger partial charge in [-0.05, 0) is 11.4 Å². The number of carbonyl (C=O) groups is 1. The molecule has 0 aromatic carbocycles. The van der Waals surface area contributed by atoms with Crippen LogP contribution >= 0.6 is 22.9 Å². The second-order valence-corrected chi connectivity index (χ2v) is 3.00. The molecule has 5 heteroatoms. The number of thiophene rings is 1. The van der Waals surface area contributed by atoms with Crippen molar-refractivity contribution in [3.05, 3.63) is 22.4 Å². The molecule has 0 spiro atoms. The molecule has 0 fully saturated rings. The Balaban J connectivity index is 2.87. The number of halogens is 1. The lowest BCUT2D eigenvalue weighted by Crippen LogP contribution is -2.05. The van der Waals surface area contributed by atoms with E-state index in [4.69, 9.17) is 16.8 Å². The van der Waals surface area contributed by atoms with Gasteiger partial charge in [-0.15, -0.1) is 11.3 Å². The summed E-state index contributed by atoms with van der Waals surface area (Å²) in [6.07, 6.45) is 0. The predicted octanol–water partition coefficient (Wildman–Crippen LogP) is 1.96. The van der Waals surface area contributed by atoms with Crippen molar-refractivity contribution < 1.29 is 10.0 Å². The molecule has 11 heavy (non-hydrogen) atoms. The van der Waals surface area contributed by atoms with Gasteiger partial charge >= 0.3 is 0 Å². The fourth-order valence-corrected chi connectivity index (χ4v) is 1.38. The fourth-order valence-electron chi connectivity index (χ4n) is 0.555. The van der Waals surface area contributed by atoms with E-state index in [1.165, 1.54) is 11.3 Å². The van der Waals surface area contributed by atoms with Gasteiger partial charge in [0.05, 0.1) is 4.88 Å². The summed E-state index contributed by atoms with van der Waals surface area (Å²) in [5.41, 5.74) is 0. The molecular weight excluding hydrogens is 186 g/mol. The van der Waals surface area contributed by atoms with Crippen molar-refractivity contribution in [2.24, 2.45) is 5.16 Å². The quantitative estimate of drug-likeness (QED) is 0.335. The Morgan fingerprint density at radius 3 is 2.91 bits per heavy atom. The first-order valence-electron chi connectivity index (χ1n) is 2.71. The van der Waals surface area contributed by atoms with Crippen molar-refractivity contribution in [2.45, 2.75) is 0 Å². The summed E-state index contributed by atoms with van der Waals surface area (Å²) in [7, 11) is 0. The van der Waals surface area contributed by atoms with Crippen LogP contribution in [0.3, 0.4) is 0 Å². The van der Waals surface area contributed by atoms with E-state index in [0.717, 1.165) is 0 Å². The van der Waals surface area contributed by atoms with Gasteiger partial charge in [-0.25, -0.2) is 0 Å². The minimum Gasteiger partial charge on any atom is -0.410 e. The maximum atomic E-state index is 11.0. The number of rotatable bonds is 2. The summed E-state index contributed by atoms with van der Waals surface area (Å²) in [4.78, 5) is 11.5. The number of Topliss-reactive ketones (excluding diaryl/α,β-unsaturated/α-hetero) is 1. The van der Waals surface area contributed by atoms with E-state index in [1.807, 2.05) is 0 Å². The smallest absolute Gasteiger partial charge is 0.236 e. The van der Waals surface area contributed by atoms with Crippen molar-refractivity contribution in [2.75, 3.05) is 0 Å². The van der Waals surface area contributed by atoms with Crippen LogP contribution in [0.15, 0.2) is 22.7 Å². The molecule has 0 atom stereocenters. The maximum absolute atomic E-state index is 11.0. The van der Waals surface area contributed by atoms with Gasteiger partial charge in [0.25, 0.3) is 0 Å². The first kappa shape index (κ1) is 8.23. The first-order valence-corrected chi connectivity index (χ1v) is 3.97. The van der Waals surface area contributed by atoms with Crippen molar-refractivity contribution in [1.29, 1.82) is 0 Å². The van der Waals surface area contributed by atoms with E-state index in [-0.39, 0.29) is 0 Å². The lowest BCUT2D eigenvalue weighted by atomic mass is 10.3. The van der Waals surface area contributed by atoms with E-state index in [0.29, 0.717) is 4.88 Å². The third kappa shape index (κ3) is 1.78. The molecular formula is C6H4ClNO2S. The van der Waals surface area contributed by atoms with Crippen molar-refractivity contribution >= 4 is 33.9 Å². The predicted molar refractivity (Wildman–Crippen MR) is 43.7 cm³/mol. The minimum absolute atomic E-state index is 0.410. The van der Waals surface area contributed by atoms with Crippen LogP contribution in [0.5, 0.6) is 0 Å². The van der Waals surface area contributed by atoms with Gasteiger partial charge in [0.1, 0.15) is 0 Å². The van der Waals surface area contributed by atoms with E-state index in [9.17, 15) is 4.79 Å². The van der Waals surface area contributed by atoms with Crippen LogP contribution in [0.1, 0.15) is 9.67 Å². The number of hydrogen-bond donors (Lipinski definition) is 1. The molecule has 1 N–H and O–H groups in total. The number of oxime groups is 1. The molecule has 1 rings (SSSR count). The summed E-state index contributed by atoms with van der Waals surface area (Å²) >= 11 is 6.51. The average Bonchev–Trinajstić information content (AvgIpc) is 2.53. The Labute approximate surface area is 71.9 Å². The third-order valence-corrected chi connectivity index (χ3v) is 2.14. The molecule has 1 heterocycles. The number of carbonyl (C=O) groups excluding carboxylic acids is 1. The Morgan fingerprint density at radius 2 is 2.45 bits per heavy atom. The van der Waals surface area contributed by atoms with Crippen molar-refractivity contribution in [3.63, 3.8) is 0 Å². The largest absolute Gasteiger partial charge is 0.410 e. The highest BCUT2D eigenvalue weighted by Gasteiger charge is 2.12. The summed E-state index contributed by atoms with van der Waals surface area (Å²) in [6.45, 7) is 0. The maximum Gasteiger partial charge on any atom is 0.236 e. The molecule has 58 valence electrons. The SMILES string of the molecule is O=C(C(Cl)=NO)c1cccs1. The molecule has 0 amide bonds. The molecule has 3 nitrogen and oxygen atoms in total. The van der Waals surface area contributed by atoms with Gasteiger partial charge in [0, 0.05) is 0 Å². The topological polar surface area (TPSA) is 49.7 Å². The summed E-state index contributed by atoms with van der Waals surface area (Å²) in [5, 5.41) is 12.1. The second-order valence-electron chi connectivity index (χ2n) is 1.70. The van der Waals surface area contributed by atoms with Crippen molar-refractivity contribution in [3.8, 4) is 0 Å². The molecule has 0 radical (unpaired) electrons. The number of ketones is 1. The normalized spacial score (nSPS) is 11.5. The van der Waals surface area contributed by atoms with Crippen LogP contribution in [0, 0.1) is 0 Å². The molecule has 0 unspecified atom stereocenters. The van der Waals surface area contributed by atoms with E-state index < -0.39 is 11.0 Å². The highest BCUT2D eigenvalue weighted by atomic mass is 35.5. The molecule has 1 aromatic heterocycles. The molecule has 0 aliphatic heterocycles. The molecule has 1 aromatic rings. The van der Waals surface area contributed by atoms with Gasteiger partial charge in [0.2, 0.25) is 11.0 Å². The molecule has 0 saturated heterocycles. The van der Waals surface area contributed by atoms with Crippen molar-refractivity contribution in [1.82, 2.24) is 0 Å². The molecule has 0 saturated carbocycles. The Bertz CT molecular complexity index is 281. The first-order chi connectivity index (χ1) is 5.25. The second kappa shape index (κ2) is 3.50. The Morgan fingerprint density at radius 1 is 1.73 bits per heavy atom. The summed E-state index contributed by atoms with van der Waals surface area (Å²) in [6, 6.07) is 3.33. The van der Waals surface area contributed by atoms with Crippen LogP contribution in [-0.2, 0) is 0 Å². The zero-order valence-electron chi connectivity index (χ0n) is 5.32. The van der Waals surface area contributed by atoms with Gasteiger partial charge in [-0.2, -0.15) is 0 Å².